The monoisotopic (exact) mass is 343 g/mol. The molecule has 0 saturated carbocycles. The molecule has 0 radical (unpaired) electrons. The second-order valence-electron chi connectivity index (χ2n) is 4.41. The van der Waals surface area contributed by atoms with Crippen LogP contribution < -0.4 is 4.90 Å². The highest BCUT2D eigenvalue weighted by molar-refractivity contribution is 9.10. The van der Waals surface area contributed by atoms with Crippen LogP contribution in [0.2, 0.25) is 0 Å². The molecular formula is C13H14BrNO3S. The van der Waals surface area contributed by atoms with Gasteiger partial charge in [0.25, 0.3) is 0 Å². The number of methoxy groups -OCH3 is 1. The van der Waals surface area contributed by atoms with Crippen molar-refractivity contribution in [2.75, 3.05) is 24.3 Å². The molecule has 0 spiro atoms. The Morgan fingerprint density at radius 3 is 2.89 bits per heavy atom. The standard InChI is InChI=1S/C13H14BrNO3S/c1-18-13(17)10-5-9(2-3-11(10)14)15-6-8(7-19)4-12(15)16/h2-3,5,8,19H,4,6-7H2,1H3. The zero-order valence-corrected chi connectivity index (χ0v) is 12.9. The largest absolute Gasteiger partial charge is 0.465 e. The Kier molecular flexibility index (Phi) is 4.52. The van der Waals surface area contributed by atoms with Crippen LogP contribution in [0.1, 0.15) is 16.8 Å². The van der Waals surface area contributed by atoms with Gasteiger partial charge in [-0.2, -0.15) is 12.6 Å². The fourth-order valence-electron chi connectivity index (χ4n) is 2.10. The average Bonchev–Trinajstić information content (AvgIpc) is 2.80. The number of nitrogens with zero attached hydrogens (tertiary/aromatic N) is 1. The van der Waals surface area contributed by atoms with Crippen LogP contribution in [0.3, 0.4) is 0 Å². The minimum absolute atomic E-state index is 0.0668. The predicted octanol–water partition coefficient (Wildman–Crippen LogP) is 2.52. The number of hydrogen-bond donors (Lipinski definition) is 1. The molecular weight excluding hydrogens is 330 g/mol. The molecule has 1 unspecified atom stereocenters. The quantitative estimate of drug-likeness (QED) is 0.677. The maximum Gasteiger partial charge on any atom is 0.339 e. The van der Waals surface area contributed by atoms with E-state index < -0.39 is 5.97 Å². The Balaban J connectivity index is 2.31. The molecule has 1 aromatic rings. The lowest BCUT2D eigenvalue weighted by atomic mass is 10.1. The summed E-state index contributed by atoms with van der Waals surface area (Å²) < 4.78 is 5.37. The van der Waals surface area contributed by atoms with Crippen LogP contribution in [-0.4, -0.2) is 31.3 Å². The maximum atomic E-state index is 11.9. The third kappa shape index (κ3) is 2.95. The van der Waals surface area contributed by atoms with Gasteiger partial charge >= 0.3 is 5.97 Å². The van der Waals surface area contributed by atoms with Crippen molar-refractivity contribution < 1.29 is 14.3 Å². The first-order valence-electron chi connectivity index (χ1n) is 5.86. The van der Waals surface area contributed by atoms with Crippen LogP contribution in [0.4, 0.5) is 5.69 Å². The van der Waals surface area contributed by atoms with Crippen LogP contribution in [0.25, 0.3) is 0 Å². The Bertz CT molecular complexity index is 521. The zero-order valence-electron chi connectivity index (χ0n) is 10.4. The summed E-state index contributed by atoms with van der Waals surface area (Å²) in [6.07, 6.45) is 0.507. The first-order valence-corrected chi connectivity index (χ1v) is 7.28. The molecule has 102 valence electrons. The van der Waals surface area contributed by atoms with E-state index in [2.05, 4.69) is 28.6 Å². The second-order valence-corrected chi connectivity index (χ2v) is 5.63. The van der Waals surface area contributed by atoms with Crippen molar-refractivity contribution in [1.29, 1.82) is 0 Å². The zero-order chi connectivity index (χ0) is 14.0. The SMILES string of the molecule is COC(=O)c1cc(N2CC(CS)CC2=O)ccc1Br. The topological polar surface area (TPSA) is 46.6 Å². The third-order valence-corrected chi connectivity index (χ3v) is 4.34. The number of thiol groups is 1. The van der Waals surface area contributed by atoms with Gasteiger partial charge in [-0.15, -0.1) is 0 Å². The van der Waals surface area contributed by atoms with E-state index in [0.29, 0.717) is 28.8 Å². The number of rotatable bonds is 3. The molecule has 19 heavy (non-hydrogen) atoms. The molecule has 0 bridgehead atoms. The predicted molar refractivity (Wildman–Crippen MR) is 79.8 cm³/mol. The van der Waals surface area contributed by atoms with E-state index in [0.717, 1.165) is 5.69 Å². The van der Waals surface area contributed by atoms with E-state index >= 15 is 0 Å². The molecule has 2 rings (SSSR count). The molecule has 0 N–H and O–H groups in total. The summed E-state index contributed by atoms with van der Waals surface area (Å²) in [4.78, 5) is 25.3. The fraction of sp³-hybridized carbons (Fsp3) is 0.385. The van der Waals surface area contributed by atoms with E-state index in [1.165, 1.54) is 7.11 Å². The van der Waals surface area contributed by atoms with Gasteiger partial charge in [-0.3, -0.25) is 4.79 Å². The Labute approximate surface area is 125 Å². The lowest BCUT2D eigenvalue weighted by Crippen LogP contribution is -2.25. The summed E-state index contributed by atoms with van der Waals surface area (Å²) in [5, 5.41) is 0. The van der Waals surface area contributed by atoms with Crippen molar-refractivity contribution in [3.05, 3.63) is 28.2 Å². The molecule has 0 aromatic heterocycles. The number of hydrogen-bond acceptors (Lipinski definition) is 4. The van der Waals surface area contributed by atoms with E-state index in [4.69, 9.17) is 4.74 Å². The highest BCUT2D eigenvalue weighted by Crippen LogP contribution is 2.29. The van der Waals surface area contributed by atoms with Gasteiger partial charge in [-0.05, 0) is 45.8 Å². The van der Waals surface area contributed by atoms with Crippen molar-refractivity contribution in [2.24, 2.45) is 5.92 Å². The molecule has 1 amide bonds. The van der Waals surface area contributed by atoms with Gasteiger partial charge in [0.1, 0.15) is 0 Å². The van der Waals surface area contributed by atoms with E-state index in [-0.39, 0.29) is 11.8 Å². The summed E-state index contributed by atoms with van der Waals surface area (Å²) in [5.74, 6) is 0.590. The Hall–Kier alpha value is -1.01. The van der Waals surface area contributed by atoms with Crippen LogP contribution >= 0.6 is 28.6 Å². The number of carbonyl (C=O) groups excluding carboxylic acids is 2. The molecule has 1 atom stereocenters. The van der Waals surface area contributed by atoms with Gasteiger partial charge in [0.2, 0.25) is 5.91 Å². The molecule has 0 aliphatic carbocycles. The average molecular weight is 344 g/mol. The minimum Gasteiger partial charge on any atom is -0.465 e. The number of halogens is 1. The highest BCUT2D eigenvalue weighted by Gasteiger charge is 2.30. The van der Waals surface area contributed by atoms with Crippen molar-refractivity contribution in [3.8, 4) is 0 Å². The van der Waals surface area contributed by atoms with Crippen LogP contribution in [0.15, 0.2) is 22.7 Å². The lowest BCUT2D eigenvalue weighted by Gasteiger charge is -2.17. The summed E-state index contributed by atoms with van der Waals surface area (Å²) in [5.41, 5.74) is 1.14. The number of anilines is 1. The van der Waals surface area contributed by atoms with Crippen molar-refractivity contribution in [2.45, 2.75) is 6.42 Å². The smallest absolute Gasteiger partial charge is 0.339 e. The maximum absolute atomic E-state index is 11.9. The normalized spacial score (nSPS) is 18.8. The Morgan fingerprint density at radius 2 is 2.32 bits per heavy atom. The highest BCUT2D eigenvalue weighted by atomic mass is 79.9. The van der Waals surface area contributed by atoms with Crippen LogP contribution in [0.5, 0.6) is 0 Å². The number of ether oxygens (including phenoxy) is 1. The fourth-order valence-corrected chi connectivity index (χ4v) is 2.75. The summed E-state index contributed by atoms with van der Waals surface area (Å²) in [7, 11) is 1.33. The van der Waals surface area contributed by atoms with Gasteiger partial charge in [0.15, 0.2) is 0 Å². The molecule has 6 heteroatoms. The van der Waals surface area contributed by atoms with Gasteiger partial charge in [-0.25, -0.2) is 4.79 Å². The number of esters is 1. The second kappa shape index (κ2) is 5.96. The molecule has 1 saturated heterocycles. The van der Waals surface area contributed by atoms with Crippen molar-refractivity contribution >= 4 is 46.1 Å². The van der Waals surface area contributed by atoms with Crippen molar-refractivity contribution in [3.63, 3.8) is 0 Å². The van der Waals surface area contributed by atoms with Gasteiger partial charge in [-0.1, -0.05) is 0 Å². The number of amides is 1. The molecule has 1 aliphatic rings. The molecule has 1 fully saturated rings. The van der Waals surface area contributed by atoms with Crippen LogP contribution in [-0.2, 0) is 9.53 Å². The summed E-state index contributed by atoms with van der Waals surface area (Å²) in [6.45, 7) is 0.643. The van der Waals surface area contributed by atoms with Crippen LogP contribution in [0, 0.1) is 5.92 Å². The first kappa shape index (κ1) is 14.4. The third-order valence-electron chi connectivity index (χ3n) is 3.13. The number of carbonyl (C=O) groups is 2. The van der Waals surface area contributed by atoms with Gasteiger partial charge in [0.05, 0.1) is 12.7 Å². The van der Waals surface area contributed by atoms with E-state index in [9.17, 15) is 9.59 Å². The van der Waals surface area contributed by atoms with Gasteiger partial charge in [0, 0.05) is 23.1 Å². The summed E-state index contributed by atoms with van der Waals surface area (Å²) in [6, 6.07) is 5.24. The molecule has 4 nitrogen and oxygen atoms in total. The Morgan fingerprint density at radius 1 is 1.58 bits per heavy atom. The van der Waals surface area contributed by atoms with E-state index in [1.807, 2.05) is 6.07 Å². The van der Waals surface area contributed by atoms with Gasteiger partial charge < -0.3 is 9.64 Å². The molecule has 1 heterocycles. The first-order chi connectivity index (χ1) is 9.06. The lowest BCUT2D eigenvalue weighted by molar-refractivity contribution is -0.117. The van der Waals surface area contributed by atoms with Crippen molar-refractivity contribution in [1.82, 2.24) is 0 Å². The summed E-state index contributed by atoms with van der Waals surface area (Å²) >= 11 is 7.54. The number of benzene rings is 1. The van der Waals surface area contributed by atoms with E-state index in [1.54, 1.807) is 17.0 Å². The molecule has 1 aliphatic heterocycles. The minimum atomic E-state index is -0.425. The molecule has 1 aromatic carbocycles.